The molecule has 5 heteroatoms. The highest BCUT2D eigenvalue weighted by Crippen LogP contribution is 2.19. The third-order valence-corrected chi connectivity index (χ3v) is 4.58. The second kappa shape index (κ2) is 9.28. The topological polar surface area (TPSA) is 58.2 Å². The van der Waals surface area contributed by atoms with Crippen molar-refractivity contribution in [2.45, 2.75) is 38.1 Å². The molecule has 25 heavy (non-hydrogen) atoms. The summed E-state index contributed by atoms with van der Waals surface area (Å²) < 4.78 is 0. The lowest BCUT2D eigenvalue weighted by Crippen LogP contribution is -2.23. The van der Waals surface area contributed by atoms with Crippen molar-refractivity contribution in [3.8, 4) is 0 Å². The predicted molar refractivity (Wildman–Crippen MR) is 104 cm³/mol. The highest BCUT2D eigenvalue weighted by atomic mass is 32.2. The Morgan fingerprint density at radius 2 is 1.80 bits per heavy atom. The largest absolute Gasteiger partial charge is 0.348 e. The van der Waals surface area contributed by atoms with Crippen LogP contribution in [0.25, 0.3) is 0 Å². The van der Waals surface area contributed by atoms with Gasteiger partial charge in [0.25, 0.3) is 5.91 Å². The van der Waals surface area contributed by atoms with E-state index in [1.807, 2.05) is 62.6 Å². The Kier molecular flexibility index (Phi) is 7.07. The maximum absolute atomic E-state index is 12.4. The number of aryl methyl sites for hydroxylation is 1. The van der Waals surface area contributed by atoms with Crippen LogP contribution < -0.4 is 10.6 Å². The molecule has 0 radical (unpaired) electrons. The van der Waals surface area contributed by atoms with Crippen molar-refractivity contribution in [3.05, 3.63) is 59.2 Å². The zero-order chi connectivity index (χ0) is 18.2. The van der Waals surface area contributed by atoms with Crippen molar-refractivity contribution >= 4 is 29.3 Å². The van der Waals surface area contributed by atoms with Crippen LogP contribution in [0.15, 0.2) is 47.4 Å². The van der Waals surface area contributed by atoms with Gasteiger partial charge in [-0.3, -0.25) is 9.59 Å². The molecule has 0 atom stereocenters. The van der Waals surface area contributed by atoms with E-state index >= 15 is 0 Å². The van der Waals surface area contributed by atoms with E-state index in [1.54, 1.807) is 11.8 Å². The predicted octanol–water partition coefficient (Wildman–Crippen LogP) is 4.39. The molecule has 0 aliphatic rings. The van der Waals surface area contributed by atoms with Gasteiger partial charge in [0, 0.05) is 29.1 Å². The van der Waals surface area contributed by atoms with Gasteiger partial charge in [-0.1, -0.05) is 25.1 Å². The molecule has 0 heterocycles. The molecule has 2 N–H and O–H groups in total. The fourth-order valence-electron chi connectivity index (χ4n) is 2.41. The number of rotatable bonds is 7. The first-order valence-corrected chi connectivity index (χ1v) is 9.57. The summed E-state index contributed by atoms with van der Waals surface area (Å²) in [5, 5.41) is 5.80. The second-order valence-corrected chi connectivity index (χ2v) is 6.74. The van der Waals surface area contributed by atoms with Crippen molar-refractivity contribution in [2.24, 2.45) is 0 Å². The second-order valence-electron chi connectivity index (χ2n) is 5.86. The van der Waals surface area contributed by atoms with Gasteiger partial charge < -0.3 is 10.6 Å². The van der Waals surface area contributed by atoms with E-state index in [9.17, 15) is 9.59 Å². The summed E-state index contributed by atoms with van der Waals surface area (Å²) in [6.07, 6.45) is 3.34. The van der Waals surface area contributed by atoms with Crippen LogP contribution in [0.1, 0.15) is 41.3 Å². The first-order chi connectivity index (χ1) is 12.0. The van der Waals surface area contributed by atoms with Gasteiger partial charge >= 0.3 is 0 Å². The Morgan fingerprint density at radius 3 is 2.44 bits per heavy atom. The van der Waals surface area contributed by atoms with Crippen molar-refractivity contribution in [3.63, 3.8) is 0 Å². The van der Waals surface area contributed by atoms with E-state index in [2.05, 4.69) is 10.6 Å². The smallest absolute Gasteiger partial charge is 0.251 e. The minimum atomic E-state index is -0.0753. The minimum absolute atomic E-state index is 0.0210. The molecule has 0 saturated heterocycles. The van der Waals surface area contributed by atoms with E-state index in [1.165, 1.54) is 0 Å². The molecule has 2 aromatic rings. The number of amides is 2. The Labute approximate surface area is 153 Å². The average molecular weight is 356 g/mol. The summed E-state index contributed by atoms with van der Waals surface area (Å²) in [4.78, 5) is 25.1. The number of thioether (sulfide) groups is 1. The molecule has 2 rings (SSSR count). The van der Waals surface area contributed by atoms with E-state index in [0.29, 0.717) is 18.5 Å². The van der Waals surface area contributed by atoms with Gasteiger partial charge in [-0.05, 0) is 55.0 Å². The van der Waals surface area contributed by atoms with Gasteiger partial charge in [0.15, 0.2) is 0 Å². The van der Waals surface area contributed by atoms with Crippen LogP contribution in [0, 0.1) is 6.92 Å². The van der Waals surface area contributed by atoms with Crippen molar-refractivity contribution < 1.29 is 9.59 Å². The zero-order valence-electron chi connectivity index (χ0n) is 14.9. The summed E-state index contributed by atoms with van der Waals surface area (Å²) in [7, 11) is 0. The molecular weight excluding hydrogens is 332 g/mol. The maximum Gasteiger partial charge on any atom is 0.251 e. The lowest BCUT2D eigenvalue weighted by molar-refractivity contribution is -0.116. The third kappa shape index (κ3) is 5.64. The quantitative estimate of drug-likeness (QED) is 0.724. The van der Waals surface area contributed by atoms with Gasteiger partial charge in [0.2, 0.25) is 5.91 Å². The number of nitrogens with one attached hydrogen (secondary N) is 2. The summed E-state index contributed by atoms with van der Waals surface area (Å²) in [6.45, 7) is 4.36. The molecule has 2 aromatic carbocycles. The van der Waals surface area contributed by atoms with Crippen LogP contribution >= 0.6 is 11.8 Å². The number of carbonyl (C=O) groups excluding carboxylic acids is 2. The monoisotopic (exact) mass is 356 g/mol. The van der Waals surface area contributed by atoms with Crippen LogP contribution in [-0.2, 0) is 11.3 Å². The standard InChI is InChI=1S/C20H24N2O2S/c1-4-5-19(23)22-16-9-7-15(8-10-16)13-21-20(24)18-12-17(25-3)11-6-14(18)2/h6-12H,4-5,13H2,1-3H3,(H,21,24)(H,22,23). The summed E-state index contributed by atoms with van der Waals surface area (Å²) in [5.41, 5.74) is 3.43. The number of hydrogen-bond donors (Lipinski definition) is 2. The van der Waals surface area contributed by atoms with Crippen molar-refractivity contribution in [1.29, 1.82) is 0 Å². The number of benzene rings is 2. The van der Waals surface area contributed by atoms with Crippen LogP contribution in [0.5, 0.6) is 0 Å². The number of carbonyl (C=O) groups is 2. The van der Waals surface area contributed by atoms with Gasteiger partial charge in [-0.2, -0.15) is 0 Å². The molecule has 0 fully saturated rings. The van der Waals surface area contributed by atoms with E-state index < -0.39 is 0 Å². The molecule has 0 aliphatic carbocycles. The highest BCUT2D eigenvalue weighted by molar-refractivity contribution is 7.98. The SMILES string of the molecule is CCCC(=O)Nc1ccc(CNC(=O)c2cc(SC)ccc2C)cc1. The summed E-state index contributed by atoms with van der Waals surface area (Å²) in [6, 6.07) is 13.4. The first kappa shape index (κ1) is 19.1. The number of hydrogen-bond acceptors (Lipinski definition) is 3. The molecule has 132 valence electrons. The molecule has 0 aliphatic heterocycles. The number of anilines is 1. The van der Waals surface area contributed by atoms with Crippen molar-refractivity contribution in [1.82, 2.24) is 5.32 Å². The van der Waals surface area contributed by atoms with E-state index in [4.69, 9.17) is 0 Å². The lowest BCUT2D eigenvalue weighted by atomic mass is 10.1. The van der Waals surface area contributed by atoms with Gasteiger partial charge in [-0.15, -0.1) is 11.8 Å². The van der Waals surface area contributed by atoms with Crippen LogP contribution in [0.2, 0.25) is 0 Å². The molecule has 0 spiro atoms. The van der Waals surface area contributed by atoms with Gasteiger partial charge in [0.1, 0.15) is 0 Å². The Morgan fingerprint density at radius 1 is 1.08 bits per heavy atom. The van der Waals surface area contributed by atoms with E-state index in [-0.39, 0.29) is 11.8 Å². The third-order valence-electron chi connectivity index (χ3n) is 3.86. The minimum Gasteiger partial charge on any atom is -0.348 e. The Hall–Kier alpha value is -2.27. The van der Waals surface area contributed by atoms with Crippen LogP contribution in [0.4, 0.5) is 5.69 Å². The van der Waals surface area contributed by atoms with Gasteiger partial charge in [0.05, 0.1) is 0 Å². The molecule has 0 aromatic heterocycles. The van der Waals surface area contributed by atoms with Crippen LogP contribution in [0.3, 0.4) is 0 Å². The van der Waals surface area contributed by atoms with Crippen molar-refractivity contribution in [2.75, 3.05) is 11.6 Å². The first-order valence-electron chi connectivity index (χ1n) is 8.35. The molecule has 0 unspecified atom stereocenters. The highest BCUT2D eigenvalue weighted by Gasteiger charge is 2.09. The fourth-order valence-corrected chi connectivity index (χ4v) is 2.85. The molecular formula is C20H24N2O2S. The maximum atomic E-state index is 12.4. The Bertz CT molecular complexity index is 742. The van der Waals surface area contributed by atoms with Gasteiger partial charge in [-0.25, -0.2) is 0 Å². The van der Waals surface area contributed by atoms with E-state index in [0.717, 1.165) is 28.1 Å². The summed E-state index contributed by atoms with van der Waals surface area (Å²) >= 11 is 1.62. The average Bonchev–Trinajstić information content (AvgIpc) is 2.61. The lowest BCUT2D eigenvalue weighted by Gasteiger charge is -2.10. The zero-order valence-corrected chi connectivity index (χ0v) is 15.7. The Balaban J connectivity index is 1.95. The molecule has 0 saturated carbocycles. The normalized spacial score (nSPS) is 10.4. The molecule has 4 nitrogen and oxygen atoms in total. The molecule has 0 bridgehead atoms. The van der Waals surface area contributed by atoms with Crippen LogP contribution in [-0.4, -0.2) is 18.1 Å². The fraction of sp³-hybridized carbons (Fsp3) is 0.300. The summed E-state index contributed by atoms with van der Waals surface area (Å²) in [5.74, 6) is -0.0542. The molecule has 2 amide bonds.